The van der Waals surface area contributed by atoms with Crippen LogP contribution in [0, 0.1) is 19.8 Å². The Morgan fingerprint density at radius 2 is 1.72 bits per heavy atom. The van der Waals surface area contributed by atoms with Crippen molar-refractivity contribution in [1.82, 2.24) is 9.88 Å². The van der Waals surface area contributed by atoms with Crippen LogP contribution in [0.3, 0.4) is 0 Å². The van der Waals surface area contributed by atoms with Gasteiger partial charge >= 0.3 is 0 Å². The number of para-hydroxylation sites is 1. The van der Waals surface area contributed by atoms with Crippen molar-refractivity contribution >= 4 is 22.6 Å². The van der Waals surface area contributed by atoms with Gasteiger partial charge in [-0.25, -0.2) is 4.98 Å². The van der Waals surface area contributed by atoms with Crippen molar-refractivity contribution in [2.24, 2.45) is 5.92 Å². The SMILES string of the molecule is Cc1cc(C)cc(C2CCCN2C(=O)C2CCN(c3ccc4cccc(O)c4n3)CC2)c1. The van der Waals surface area contributed by atoms with E-state index in [0.717, 1.165) is 56.5 Å². The summed E-state index contributed by atoms with van der Waals surface area (Å²) in [5, 5.41) is 11.1. The number of fused-ring (bicyclic) bond motifs is 1. The smallest absolute Gasteiger partial charge is 0.226 e. The van der Waals surface area contributed by atoms with Crippen molar-refractivity contribution in [3.63, 3.8) is 0 Å². The third-order valence-electron chi connectivity index (χ3n) is 7.02. The van der Waals surface area contributed by atoms with Gasteiger partial charge in [0.2, 0.25) is 5.91 Å². The van der Waals surface area contributed by atoms with Crippen LogP contribution in [-0.2, 0) is 4.79 Å². The molecule has 32 heavy (non-hydrogen) atoms. The average molecular weight is 430 g/mol. The first-order valence-corrected chi connectivity index (χ1v) is 11.7. The van der Waals surface area contributed by atoms with Gasteiger partial charge in [-0.3, -0.25) is 4.79 Å². The summed E-state index contributed by atoms with van der Waals surface area (Å²) in [6, 6.07) is 16.4. The number of nitrogens with zero attached hydrogens (tertiary/aromatic N) is 3. The van der Waals surface area contributed by atoms with Crippen molar-refractivity contribution < 1.29 is 9.90 Å². The van der Waals surface area contributed by atoms with Gasteiger partial charge in [-0.15, -0.1) is 0 Å². The Hall–Kier alpha value is -3.08. The van der Waals surface area contributed by atoms with E-state index in [1.807, 2.05) is 24.3 Å². The minimum atomic E-state index is 0.0756. The van der Waals surface area contributed by atoms with Gasteiger partial charge in [-0.1, -0.05) is 41.5 Å². The molecule has 1 aromatic heterocycles. The minimum Gasteiger partial charge on any atom is -0.506 e. The Morgan fingerprint density at radius 3 is 2.47 bits per heavy atom. The van der Waals surface area contributed by atoms with Gasteiger partial charge in [-0.2, -0.15) is 0 Å². The van der Waals surface area contributed by atoms with Crippen LogP contribution in [0.25, 0.3) is 10.9 Å². The summed E-state index contributed by atoms with van der Waals surface area (Å²) in [6.45, 7) is 6.75. The number of phenolic OH excluding ortho intramolecular Hbond substituents is 1. The number of hydrogen-bond donors (Lipinski definition) is 1. The maximum Gasteiger partial charge on any atom is 0.226 e. The summed E-state index contributed by atoms with van der Waals surface area (Å²) in [7, 11) is 0. The number of amides is 1. The number of likely N-dealkylation sites (tertiary alicyclic amines) is 1. The third-order valence-corrected chi connectivity index (χ3v) is 7.02. The Morgan fingerprint density at radius 1 is 0.969 bits per heavy atom. The van der Waals surface area contributed by atoms with E-state index in [9.17, 15) is 9.90 Å². The molecule has 0 aliphatic carbocycles. The predicted molar refractivity (Wildman–Crippen MR) is 128 cm³/mol. The molecule has 0 saturated carbocycles. The maximum atomic E-state index is 13.5. The summed E-state index contributed by atoms with van der Waals surface area (Å²) < 4.78 is 0. The molecule has 0 radical (unpaired) electrons. The molecular formula is C27H31N3O2. The first-order chi connectivity index (χ1) is 15.5. The van der Waals surface area contributed by atoms with E-state index in [4.69, 9.17) is 4.98 Å². The number of aromatic nitrogens is 1. The molecule has 2 aromatic carbocycles. The lowest BCUT2D eigenvalue weighted by Gasteiger charge is -2.35. The predicted octanol–water partition coefficient (Wildman–Crippen LogP) is 5.14. The average Bonchev–Trinajstić information content (AvgIpc) is 3.28. The summed E-state index contributed by atoms with van der Waals surface area (Å²) >= 11 is 0. The molecule has 5 nitrogen and oxygen atoms in total. The van der Waals surface area contributed by atoms with E-state index in [1.165, 1.54) is 16.7 Å². The Labute approximate surface area is 189 Å². The maximum absolute atomic E-state index is 13.5. The Balaban J connectivity index is 1.27. The van der Waals surface area contributed by atoms with Crippen molar-refractivity contribution in [2.75, 3.05) is 24.5 Å². The van der Waals surface area contributed by atoms with Crippen LogP contribution in [0.15, 0.2) is 48.5 Å². The molecule has 2 fully saturated rings. The monoisotopic (exact) mass is 429 g/mol. The number of phenols is 1. The molecule has 166 valence electrons. The first kappa shape index (κ1) is 20.8. The number of aryl methyl sites for hydroxylation is 2. The molecule has 0 spiro atoms. The molecule has 1 unspecified atom stereocenters. The second-order valence-electron chi connectivity index (χ2n) is 9.39. The van der Waals surface area contributed by atoms with Crippen LogP contribution in [0.5, 0.6) is 5.75 Å². The fraction of sp³-hybridized carbons (Fsp3) is 0.407. The number of carbonyl (C=O) groups excluding carboxylic acids is 1. The number of aromatic hydroxyl groups is 1. The number of rotatable bonds is 3. The topological polar surface area (TPSA) is 56.7 Å². The summed E-state index contributed by atoms with van der Waals surface area (Å²) in [5.41, 5.74) is 4.45. The van der Waals surface area contributed by atoms with Gasteiger partial charge in [-0.05, 0) is 63.3 Å². The lowest BCUT2D eigenvalue weighted by Crippen LogP contribution is -2.42. The molecule has 1 atom stereocenters. The van der Waals surface area contributed by atoms with E-state index in [1.54, 1.807) is 6.07 Å². The van der Waals surface area contributed by atoms with E-state index in [-0.39, 0.29) is 17.7 Å². The molecule has 2 aliphatic heterocycles. The van der Waals surface area contributed by atoms with Crippen LogP contribution in [0.4, 0.5) is 5.82 Å². The standard InChI is InChI=1S/C27H31N3O2/c1-18-15-19(2)17-22(16-18)23-6-4-12-30(23)27(32)21-10-13-29(14-11-21)25-9-8-20-5-3-7-24(31)26(20)28-25/h3,5,7-9,15-17,21,23,31H,4,6,10-14H2,1-2H3. The zero-order valence-corrected chi connectivity index (χ0v) is 18.9. The zero-order chi connectivity index (χ0) is 22.2. The second kappa shape index (κ2) is 8.45. The van der Waals surface area contributed by atoms with Crippen LogP contribution in [0.1, 0.15) is 48.4 Å². The van der Waals surface area contributed by atoms with Gasteiger partial charge in [0.15, 0.2) is 0 Å². The fourth-order valence-corrected chi connectivity index (χ4v) is 5.47. The number of piperidine rings is 1. The number of pyridine rings is 1. The van der Waals surface area contributed by atoms with Gasteiger partial charge in [0.1, 0.15) is 17.1 Å². The molecular weight excluding hydrogens is 398 g/mol. The van der Waals surface area contributed by atoms with Crippen molar-refractivity contribution in [2.45, 2.75) is 45.6 Å². The molecule has 1 amide bonds. The molecule has 1 N–H and O–H groups in total. The molecule has 5 heteroatoms. The largest absolute Gasteiger partial charge is 0.506 e. The van der Waals surface area contributed by atoms with E-state index < -0.39 is 0 Å². The number of carbonyl (C=O) groups is 1. The molecule has 3 aromatic rings. The molecule has 5 rings (SSSR count). The van der Waals surface area contributed by atoms with Crippen LogP contribution in [0.2, 0.25) is 0 Å². The molecule has 2 aliphatic rings. The van der Waals surface area contributed by atoms with Crippen LogP contribution in [-0.4, -0.2) is 40.5 Å². The van der Waals surface area contributed by atoms with Crippen molar-refractivity contribution in [3.8, 4) is 5.75 Å². The van der Waals surface area contributed by atoms with E-state index >= 15 is 0 Å². The molecule has 2 saturated heterocycles. The Bertz CT molecular complexity index is 1130. The van der Waals surface area contributed by atoms with Crippen LogP contribution >= 0.6 is 0 Å². The van der Waals surface area contributed by atoms with Crippen LogP contribution < -0.4 is 4.90 Å². The lowest BCUT2D eigenvalue weighted by molar-refractivity contribution is -0.137. The summed E-state index contributed by atoms with van der Waals surface area (Å²) in [6.07, 6.45) is 3.81. The Kier molecular flexibility index (Phi) is 5.50. The van der Waals surface area contributed by atoms with E-state index in [2.05, 4.69) is 41.8 Å². The fourth-order valence-electron chi connectivity index (χ4n) is 5.47. The van der Waals surface area contributed by atoms with E-state index in [0.29, 0.717) is 11.4 Å². The van der Waals surface area contributed by atoms with Gasteiger partial charge in [0.25, 0.3) is 0 Å². The highest BCUT2D eigenvalue weighted by Gasteiger charge is 2.35. The minimum absolute atomic E-state index is 0.0756. The first-order valence-electron chi connectivity index (χ1n) is 11.7. The number of anilines is 1. The lowest BCUT2D eigenvalue weighted by atomic mass is 9.93. The van der Waals surface area contributed by atoms with Gasteiger partial charge in [0, 0.05) is 30.9 Å². The zero-order valence-electron chi connectivity index (χ0n) is 18.9. The van der Waals surface area contributed by atoms with Gasteiger partial charge in [0.05, 0.1) is 6.04 Å². The highest BCUT2D eigenvalue weighted by Crippen LogP contribution is 2.36. The highest BCUT2D eigenvalue weighted by molar-refractivity contribution is 5.85. The summed E-state index contributed by atoms with van der Waals surface area (Å²) in [5.74, 6) is 1.47. The van der Waals surface area contributed by atoms with Gasteiger partial charge < -0.3 is 14.9 Å². The number of benzene rings is 2. The highest BCUT2D eigenvalue weighted by atomic mass is 16.3. The van der Waals surface area contributed by atoms with Crippen molar-refractivity contribution in [3.05, 3.63) is 65.2 Å². The summed E-state index contributed by atoms with van der Waals surface area (Å²) in [4.78, 5) is 22.5. The quantitative estimate of drug-likeness (QED) is 0.627. The van der Waals surface area contributed by atoms with Crippen molar-refractivity contribution in [1.29, 1.82) is 0 Å². The molecule has 0 bridgehead atoms. The number of hydrogen-bond acceptors (Lipinski definition) is 4. The third kappa shape index (κ3) is 3.92. The molecule has 3 heterocycles. The normalized spacial score (nSPS) is 19.6. The second-order valence-corrected chi connectivity index (χ2v) is 9.39.